The molecule has 0 heterocycles. The summed E-state index contributed by atoms with van der Waals surface area (Å²) in [5.74, 6) is -4.49. The van der Waals surface area contributed by atoms with E-state index in [4.69, 9.17) is 9.47 Å². The van der Waals surface area contributed by atoms with Crippen LogP contribution >= 0.6 is 0 Å². The van der Waals surface area contributed by atoms with Gasteiger partial charge < -0.3 is 60.5 Å². The molecule has 0 saturated carbocycles. The summed E-state index contributed by atoms with van der Waals surface area (Å²) in [6.45, 7) is 0.565. The van der Waals surface area contributed by atoms with E-state index in [0.717, 1.165) is 11.1 Å². The molecule has 246 valence electrons. The van der Waals surface area contributed by atoms with Crippen molar-refractivity contribution in [3.63, 3.8) is 0 Å². The first kappa shape index (κ1) is 33.7. The Morgan fingerprint density at radius 2 is 0.848 bits per heavy atom. The molecule has 0 bridgehead atoms. The van der Waals surface area contributed by atoms with E-state index in [-0.39, 0.29) is 54.7 Å². The van der Waals surface area contributed by atoms with Gasteiger partial charge in [-0.2, -0.15) is 0 Å². The van der Waals surface area contributed by atoms with Crippen LogP contribution in [0.25, 0.3) is 0 Å². The third-order valence-corrected chi connectivity index (χ3v) is 7.73. The Bertz CT molecular complexity index is 1590. The van der Waals surface area contributed by atoms with Crippen molar-refractivity contribution in [2.45, 2.75) is 38.9 Å². The average Bonchev–Trinajstić information content (AvgIpc) is 3.01. The molecule has 0 aliphatic heterocycles. The molecular formula is C34H38O12. The highest BCUT2D eigenvalue weighted by atomic mass is 16.5. The summed E-state index contributed by atoms with van der Waals surface area (Å²) in [5, 5.41) is 98.4. The van der Waals surface area contributed by atoms with Crippen molar-refractivity contribution in [1.82, 2.24) is 0 Å². The second-order valence-electron chi connectivity index (χ2n) is 11.2. The molecule has 0 amide bonds. The van der Waals surface area contributed by atoms with Gasteiger partial charge in [-0.15, -0.1) is 0 Å². The first-order valence-corrected chi connectivity index (χ1v) is 14.6. The lowest BCUT2D eigenvalue weighted by Crippen LogP contribution is -2.25. The van der Waals surface area contributed by atoms with E-state index < -0.39 is 34.5 Å². The van der Waals surface area contributed by atoms with Crippen LogP contribution in [-0.2, 0) is 35.5 Å². The monoisotopic (exact) mass is 638 g/mol. The molecule has 12 nitrogen and oxygen atoms in total. The van der Waals surface area contributed by atoms with Gasteiger partial charge in [-0.05, 0) is 108 Å². The van der Waals surface area contributed by atoms with Crippen LogP contribution < -0.4 is 0 Å². The van der Waals surface area contributed by atoms with Gasteiger partial charge in [-0.3, -0.25) is 0 Å². The van der Waals surface area contributed by atoms with Gasteiger partial charge in [0.2, 0.25) is 0 Å². The van der Waals surface area contributed by atoms with Crippen molar-refractivity contribution in [3.05, 3.63) is 82.9 Å². The second kappa shape index (κ2) is 15.2. The molecular weight excluding hydrogens is 600 g/mol. The summed E-state index contributed by atoms with van der Waals surface area (Å²) in [6.07, 6.45) is 2.06. The van der Waals surface area contributed by atoms with E-state index in [1.165, 1.54) is 48.5 Å². The number of hydrogen-bond donors (Lipinski definition) is 10. The zero-order chi connectivity index (χ0) is 33.4. The molecule has 4 aromatic rings. The van der Waals surface area contributed by atoms with Crippen molar-refractivity contribution in [3.8, 4) is 57.5 Å². The Kier molecular flexibility index (Phi) is 11.1. The largest absolute Gasteiger partial charge is 0.504 e. The standard InChI is InChI=1S/C34H38O12/c35-25-5-3-19(10-27(25)37)8-23(2-1-7-45-16-21-12-29(39)33(43)30(40)13-21)24(9-20-4-6-26(36)28(38)11-20)18-46-17-22-14-31(41)34(44)32(42)15-22/h3-6,10-15,23-24,35-44H,1-2,7-9,16-18H2/t23-,24+/m1/s1. The summed E-state index contributed by atoms with van der Waals surface area (Å²) in [7, 11) is 0. The Balaban J connectivity index is 1.52. The molecule has 0 aliphatic rings. The lowest BCUT2D eigenvalue weighted by Gasteiger charge is -2.28. The molecule has 10 N–H and O–H groups in total. The van der Waals surface area contributed by atoms with Crippen LogP contribution in [0.2, 0.25) is 0 Å². The fourth-order valence-electron chi connectivity index (χ4n) is 5.32. The van der Waals surface area contributed by atoms with Gasteiger partial charge in [0, 0.05) is 6.61 Å². The SMILES string of the molecule is Oc1ccc(C[C@@H](CCCOCc2cc(O)c(O)c(O)c2)[C@H](COCc2cc(O)c(O)c(O)c2)Cc2ccc(O)c(O)c2)cc1O. The predicted octanol–water partition coefficient (Wildman–Crippen LogP) is 4.97. The number of hydrogen-bond acceptors (Lipinski definition) is 12. The zero-order valence-electron chi connectivity index (χ0n) is 24.9. The fraction of sp³-hybridized carbons (Fsp3) is 0.294. The van der Waals surface area contributed by atoms with Crippen LogP contribution in [0.15, 0.2) is 60.7 Å². The van der Waals surface area contributed by atoms with E-state index in [9.17, 15) is 51.1 Å². The van der Waals surface area contributed by atoms with Gasteiger partial charge in [0.1, 0.15) is 0 Å². The normalized spacial score (nSPS) is 12.6. The van der Waals surface area contributed by atoms with Crippen LogP contribution in [0.4, 0.5) is 0 Å². The maximum atomic E-state index is 10.1. The number of phenols is 10. The molecule has 0 aliphatic carbocycles. The molecule has 2 atom stereocenters. The smallest absolute Gasteiger partial charge is 0.200 e. The topological polar surface area (TPSA) is 221 Å². The highest BCUT2D eigenvalue weighted by molar-refractivity contribution is 5.51. The van der Waals surface area contributed by atoms with Gasteiger partial charge in [-0.25, -0.2) is 0 Å². The first-order chi connectivity index (χ1) is 21.9. The molecule has 46 heavy (non-hydrogen) atoms. The van der Waals surface area contributed by atoms with E-state index in [1.807, 2.05) is 0 Å². The molecule has 0 aromatic heterocycles. The summed E-state index contributed by atoms with van der Waals surface area (Å²) in [6, 6.07) is 14.3. The van der Waals surface area contributed by atoms with Gasteiger partial charge in [0.05, 0.1) is 19.8 Å². The van der Waals surface area contributed by atoms with Crippen LogP contribution in [0.1, 0.15) is 35.1 Å². The molecule has 0 radical (unpaired) electrons. The zero-order valence-corrected chi connectivity index (χ0v) is 24.9. The average molecular weight is 639 g/mol. The van der Waals surface area contributed by atoms with Crippen molar-refractivity contribution < 1.29 is 60.5 Å². The Morgan fingerprint density at radius 3 is 1.30 bits per heavy atom. The van der Waals surface area contributed by atoms with E-state index in [2.05, 4.69) is 0 Å². The molecule has 0 fully saturated rings. The quantitative estimate of drug-likeness (QED) is 0.0616. The number of aromatic hydroxyl groups is 10. The maximum absolute atomic E-state index is 10.1. The number of benzene rings is 4. The van der Waals surface area contributed by atoms with Crippen molar-refractivity contribution in [2.75, 3.05) is 13.2 Å². The second-order valence-corrected chi connectivity index (χ2v) is 11.2. The summed E-state index contributed by atoms with van der Waals surface area (Å²) >= 11 is 0. The highest BCUT2D eigenvalue weighted by Gasteiger charge is 2.24. The van der Waals surface area contributed by atoms with E-state index >= 15 is 0 Å². The van der Waals surface area contributed by atoms with E-state index in [0.29, 0.717) is 43.4 Å². The van der Waals surface area contributed by atoms with Crippen molar-refractivity contribution in [2.24, 2.45) is 11.8 Å². The lowest BCUT2D eigenvalue weighted by atomic mass is 9.80. The van der Waals surface area contributed by atoms with Gasteiger partial charge in [-0.1, -0.05) is 12.1 Å². The molecule has 12 heteroatoms. The number of phenolic OH excluding ortho intramolecular Hbond substituents is 10. The first-order valence-electron chi connectivity index (χ1n) is 14.6. The molecule has 4 aromatic carbocycles. The molecule has 0 unspecified atom stereocenters. The van der Waals surface area contributed by atoms with Crippen LogP contribution in [-0.4, -0.2) is 64.3 Å². The van der Waals surface area contributed by atoms with Crippen molar-refractivity contribution >= 4 is 0 Å². The third kappa shape index (κ3) is 8.93. The summed E-state index contributed by atoms with van der Waals surface area (Å²) < 4.78 is 11.8. The maximum Gasteiger partial charge on any atom is 0.200 e. The Hall–Kier alpha value is -5.20. The molecule has 0 spiro atoms. The molecule has 0 saturated heterocycles. The van der Waals surface area contributed by atoms with Gasteiger partial charge >= 0.3 is 0 Å². The number of rotatable bonds is 15. The molecule has 4 rings (SSSR count). The Morgan fingerprint density at radius 1 is 0.435 bits per heavy atom. The lowest BCUT2D eigenvalue weighted by molar-refractivity contribution is 0.0578. The fourth-order valence-corrected chi connectivity index (χ4v) is 5.32. The van der Waals surface area contributed by atoms with E-state index in [1.54, 1.807) is 12.1 Å². The van der Waals surface area contributed by atoms with Crippen LogP contribution in [0.5, 0.6) is 57.5 Å². The summed E-state index contributed by atoms with van der Waals surface area (Å²) in [5.41, 5.74) is 2.37. The van der Waals surface area contributed by atoms with Gasteiger partial charge in [0.25, 0.3) is 0 Å². The third-order valence-electron chi connectivity index (χ3n) is 7.73. The minimum absolute atomic E-state index is 0.000870. The Labute approximate surface area is 264 Å². The van der Waals surface area contributed by atoms with Crippen LogP contribution in [0, 0.1) is 11.8 Å². The van der Waals surface area contributed by atoms with Crippen molar-refractivity contribution in [1.29, 1.82) is 0 Å². The van der Waals surface area contributed by atoms with Crippen LogP contribution in [0.3, 0.4) is 0 Å². The number of ether oxygens (including phenoxy) is 2. The highest BCUT2D eigenvalue weighted by Crippen LogP contribution is 2.37. The summed E-state index contributed by atoms with van der Waals surface area (Å²) in [4.78, 5) is 0. The van der Waals surface area contributed by atoms with Gasteiger partial charge in [0.15, 0.2) is 57.5 Å². The minimum Gasteiger partial charge on any atom is -0.504 e. The predicted molar refractivity (Wildman–Crippen MR) is 165 cm³/mol. The minimum atomic E-state index is -0.632.